The number of carboxylic acid groups (broad SMARTS) is 1. The zero-order valence-electron chi connectivity index (χ0n) is 11.7. The quantitative estimate of drug-likeness (QED) is 0.902. The molecule has 0 spiro atoms. The lowest BCUT2D eigenvalue weighted by Crippen LogP contribution is -2.34. The van der Waals surface area contributed by atoms with Gasteiger partial charge in [0.2, 0.25) is 0 Å². The number of nitrogens with zero attached hydrogens (tertiary/aromatic N) is 2. The van der Waals surface area contributed by atoms with Crippen molar-refractivity contribution >= 4 is 17.3 Å². The summed E-state index contributed by atoms with van der Waals surface area (Å²) in [6, 6.07) is 0. The van der Waals surface area contributed by atoms with Gasteiger partial charge in [-0.2, -0.15) is 0 Å². The third-order valence-corrected chi connectivity index (χ3v) is 4.93. The van der Waals surface area contributed by atoms with E-state index in [-0.39, 0.29) is 0 Å². The molecular weight excluding hydrogens is 260 g/mol. The molecule has 2 rings (SSSR count). The molecule has 0 aliphatic carbocycles. The Hall–Kier alpha value is -0.940. The summed E-state index contributed by atoms with van der Waals surface area (Å²) in [5.41, 5.74) is 0.736. The van der Waals surface area contributed by atoms with E-state index >= 15 is 0 Å². The van der Waals surface area contributed by atoms with Gasteiger partial charge in [0.15, 0.2) is 0 Å². The Morgan fingerprint density at radius 1 is 1.47 bits per heavy atom. The summed E-state index contributed by atoms with van der Waals surface area (Å²) >= 11 is 1.34. The van der Waals surface area contributed by atoms with E-state index in [0.717, 1.165) is 29.6 Å². The smallest absolute Gasteiger partial charge is 0.347 e. The van der Waals surface area contributed by atoms with Crippen LogP contribution in [-0.4, -0.2) is 40.6 Å². The molecule has 4 nitrogen and oxygen atoms in total. The van der Waals surface area contributed by atoms with Gasteiger partial charge in [0.1, 0.15) is 4.88 Å². The summed E-state index contributed by atoms with van der Waals surface area (Å²) in [6.07, 6.45) is 4.12. The summed E-state index contributed by atoms with van der Waals surface area (Å²) in [5, 5.41) is 10.1. The van der Waals surface area contributed by atoms with Crippen molar-refractivity contribution in [1.82, 2.24) is 9.88 Å². The van der Waals surface area contributed by atoms with E-state index in [9.17, 15) is 4.79 Å². The minimum Gasteiger partial charge on any atom is -0.477 e. The molecular formula is C14H22N2O2S. The Kier molecular flexibility index (Phi) is 4.93. The maximum Gasteiger partial charge on any atom is 0.347 e. The number of aromatic nitrogens is 1. The third kappa shape index (κ3) is 3.76. The Morgan fingerprint density at radius 2 is 2.16 bits per heavy atom. The van der Waals surface area contributed by atoms with Crippen LogP contribution in [0.3, 0.4) is 0 Å². The van der Waals surface area contributed by atoms with Crippen LogP contribution in [-0.2, 0) is 12.8 Å². The second kappa shape index (κ2) is 6.48. The fourth-order valence-electron chi connectivity index (χ4n) is 2.45. The predicted molar refractivity (Wildman–Crippen MR) is 77.0 cm³/mol. The molecule has 1 saturated heterocycles. The lowest BCUT2D eigenvalue weighted by Gasteiger charge is -2.29. The van der Waals surface area contributed by atoms with Gasteiger partial charge in [-0.25, -0.2) is 9.78 Å². The third-order valence-electron chi connectivity index (χ3n) is 3.79. The van der Waals surface area contributed by atoms with Crippen molar-refractivity contribution in [1.29, 1.82) is 0 Å². The Bertz CT molecular complexity index is 437. The number of thiazole rings is 1. The normalized spacial score (nSPS) is 17.8. The SMILES string of the molecule is CCc1nc(CCN2CCC(C)CC2)sc1C(=O)O. The molecule has 1 aliphatic rings. The first-order valence-electron chi connectivity index (χ1n) is 7.04. The standard InChI is InChI=1S/C14H22N2O2S/c1-3-11-13(14(17)18)19-12(15-11)6-9-16-7-4-10(2)5-8-16/h10H,3-9H2,1-2H3,(H,17,18). The number of piperidine rings is 1. The number of aromatic carboxylic acids is 1. The van der Waals surface area contributed by atoms with Gasteiger partial charge in [0, 0.05) is 13.0 Å². The summed E-state index contributed by atoms with van der Waals surface area (Å²) in [5.74, 6) is 0.00816. The predicted octanol–water partition coefficient (Wildman–Crippen LogP) is 2.68. The van der Waals surface area contributed by atoms with Crippen LogP contribution in [0.1, 0.15) is 47.1 Å². The molecule has 1 fully saturated rings. The molecule has 0 aromatic carbocycles. The molecule has 0 bridgehead atoms. The van der Waals surface area contributed by atoms with E-state index < -0.39 is 5.97 Å². The molecule has 0 radical (unpaired) electrons. The van der Waals surface area contributed by atoms with Crippen molar-refractivity contribution in [2.75, 3.05) is 19.6 Å². The maximum atomic E-state index is 11.1. The fourth-order valence-corrected chi connectivity index (χ4v) is 3.43. The highest BCUT2D eigenvalue weighted by molar-refractivity contribution is 7.13. The first-order chi connectivity index (χ1) is 9.10. The van der Waals surface area contributed by atoms with Gasteiger partial charge in [0.05, 0.1) is 10.7 Å². The van der Waals surface area contributed by atoms with E-state index in [4.69, 9.17) is 5.11 Å². The minimum absolute atomic E-state index is 0.421. The number of likely N-dealkylation sites (tertiary alicyclic amines) is 1. The van der Waals surface area contributed by atoms with Crippen molar-refractivity contribution < 1.29 is 9.90 Å². The minimum atomic E-state index is -0.840. The fraction of sp³-hybridized carbons (Fsp3) is 0.714. The second-order valence-corrected chi connectivity index (χ2v) is 6.40. The number of hydrogen-bond donors (Lipinski definition) is 1. The van der Waals surface area contributed by atoms with Crippen LogP contribution in [0.25, 0.3) is 0 Å². The van der Waals surface area contributed by atoms with E-state index in [0.29, 0.717) is 11.3 Å². The van der Waals surface area contributed by atoms with Gasteiger partial charge in [-0.3, -0.25) is 0 Å². The number of rotatable bonds is 5. The van der Waals surface area contributed by atoms with Crippen LogP contribution >= 0.6 is 11.3 Å². The molecule has 5 heteroatoms. The Labute approximate surface area is 118 Å². The van der Waals surface area contributed by atoms with Crippen LogP contribution in [0.2, 0.25) is 0 Å². The number of hydrogen-bond acceptors (Lipinski definition) is 4. The average Bonchev–Trinajstić information content (AvgIpc) is 2.81. The monoisotopic (exact) mass is 282 g/mol. The molecule has 1 aromatic rings. The average molecular weight is 282 g/mol. The van der Waals surface area contributed by atoms with E-state index in [1.165, 1.54) is 37.3 Å². The first kappa shape index (κ1) is 14.5. The topological polar surface area (TPSA) is 53.4 Å². The zero-order valence-corrected chi connectivity index (χ0v) is 12.5. The van der Waals surface area contributed by atoms with Crippen molar-refractivity contribution in [2.45, 2.75) is 39.5 Å². The van der Waals surface area contributed by atoms with Crippen molar-refractivity contribution in [3.8, 4) is 0 Å². The summed E-state index contributed by atoms with van der Waals surface area (Å²) in [4.78, 5) is 18.4. The van der Waals surface area contributed by atoms with E-state index in [2.05, 4.69) is 16.8 Å². The lowest BCUT2D eigenvalue weighted by atomic mass is 9.99. The summed E-state index contributed by atoms with van der Waals surface area (Å²) in [6.45, 7) is 7.60. The molecule has 0 atom stereocenters. The van der Waals surface area contributed by atoms with Gasteiger partial charge in [-0.05, 0) is 38.3 Å². The maximum absolute atomic E-state index is 11.1. The first-order valence-corrected chi connectivity index (χ1v) is 7.86. The highest BCUT2D eigenvalue weighted by atomic mass is 32.1. The number of carbonyl (C=O) groups is 1. The van der Waals surface area contributed by atoms with Gasteiger partial charge in [0.25, 0.3) is 0 Å². The molecule has 2 heterocycles. The molecule has 0 unspecified atom stereocenters. The molecule has 0 amide bonds. The highest BCUT2D eigenvalue weighted by Crippen LogP contribution is 2.21. The Morgan fingerprint density at radius 3 is 2.68 bits per heavy atom. The van der Waals surface area contributed by atoms with Crippen molar-refractivity contribution in [3.63, 3.8) is 0 Å². The van der Waals surface area contributed by atoms with Crippen LogP contribution in [0.5, 0.6) is 0 Å². The van der Waals surface area contributed by atoms with Gasteiger partial charge in [-0.15, -0.1) is 11.3 Å². The lowest BCUT2D eigenvalue weighted by molar-refractivity contribution is 0.0701. The van der Waals surface area contributed by atoms with Gasteiger partial charge < -0.3 is 10.0 Å². The van der Waals surface area contributed by atoms with Crippen molar-refractivity contribution in [3.05, 3.63) is 15.6 Å². The molecule has 1 N–H and O–H groups in total. The summed E-state index contributed by atoms with van der Waals surface area (Å²) in [7, 11) is 0. The number of carboxylic acids is 1. The van der Waals surface area contributed by atoms with E-state index in [1.54, 1.807) is 0 Å². The zero-order chi connectivity index (χ0) is 13.8. The largest absolute Gasteiger partial charge is 0.477 e. The molecule has 1 aromatic heterocycles. The highest BCUT2D eigenvalue weighted by Gasteiger charge is 2.18. The molecule has 1 aliphatic heterocycles. The number of aryl methyl sites for hydroxylation is 1. The van der Waals surface area contributed by atoms with Crippen molar-refractivity contribution in [2.24, 2.45) is 5.92 Å². The van der Waals surface area contributed by atoms with Gasteiger partial charge in [-0.1, -0.05) is 13.8 Å². The van der Waals surface area contributed by atoms with Crippen LogP contribution in [0.15, 0.2) is 0 Å². The summed E-state index contributed by atoms with van der Waals surface area (Å²) < 4.78 is 0. The Balaban J connectivity index is 1.91. The van der Waals surface area contributed by atoms with E-state index in [1.807, 2.05) is 6.92 Å². The van der Waals surface area contributed by atoms with Crippen LogP contribution in [0, 0.1) is 5.92 Å². The van der Waals surface area contributed by atoms with Crippen LogP contribution < -0.4 is 0 Å². The second-order valence-electron chi connectivity index (χ2n) is 5.32. The molecule has 19 heavy (non-hydrogen) atoms. The van der Waals surface area contributed by atoms with Crippen LogP contribution in [0.4, 0.5) is 0 Å². The molecule has 0 saturated carbocycles. The van der Waals surface area contributed by atoms with Gasteiger partial charge >= 0.3 is 5.97 Å². The molecule has 106 valence electrons.